The second-order valence-electron chi connectivity index (χ2n) is 5.60. The van der Waals surface area contributed by atoms with Gasteiger partial charge in [-0.3, -0.25) is 9.52 Å². The number of nitrogens with one attached hydrogen (secondary N) is 2. The van der Waals surface area contributed by atoms with Crippen molar-refractivity contribution in [3.05, 3.63) is 57.9 Å². The molecule has 2 aromatic carbocycles. The lowest BCUT2D eigenvalue weighted by molar-refractivity contribution is 0.103. The zero-order chi connectivity index (χ0) is 18.2. The molecule has 8 heteroatoms. The minimum absolute atomic E-state index is 0.333. The van der Waals surface area contributed by atoms with Crippen LogP contribution >= 0.6 is 22.9 Å². The van der Waals surface area contributed by atoms with E-state index in [0.29, 0.717) is 21.3 Å². The van der Waals surface area contributed by atoms with Crippen LogP contribution in [-0.4, -0.2) is 20.6 Å². The number of amides is 1. The number of anilines is 2. The maximum atomic E-state index is 12.6. The number of carbonyl (C=O) groups excluding carboxylic acids is 1. The minimum atomic E-state index is -3.40. The van der Waals surface area contributed by atoms with Crippen molar-refractivity contribution in [2.24, 2.45) is 0 Å². The molecule has 0 atom stereocenters. The number of hydrogen-bond donors (Lipinski definition) is 2. The van der Waals surface area contributed by atoms with E-state index >= 15 is 0 Å². The highest BCUT2D eigenvalue weighted by Crippen LogP contribution is 2.35. The highest BCUT2D eigenvalue weighted by Gasteiger charge is 2.17. The molecule has 0 unspecified atom stereocenters. The zero-order valence-electron chi connectivity index (χ0n) is 13.5. The van der Waals surface area contributed by atoms with E-state index in [1.165, 1.54) is 11.3 Å². The molecule has 1 aromatic heterocycles. The van der Waals surface area contributed by atoms with Crippen molar-refractivity contribution >= 4 is 60.3 Å². The molecule has 1 amide bonds. The number of benzene rings is 2. The molecular formula is C17H15ClN2O3S2. The highest BCUT2D eigenvalue weighted by atomic mass is 35.5. The number of carbonyl (C=O) groups is 1. The van der Waals surface area contributed by atoms with E-state index in [2.05, 4.69) is 10.0 Å². The number of halogens is 1. The molecule has 5 nitrogen and oxygen atoms in total. The summed E-state index contributed by atoms with van der Waals surface area (Å²) in [5.74, 6) is -0.333. The molecule has 130 valence electrons. The van der Waals surface area contributed by atoms with Gasteiger partial charge in [0.1, 0.15) is 4.88 Å². The van der Waals surface area contributed by atoms with Crippen LogP contribution in [0.25, 0.3) is 10.1 Å². The van der Waals surface area contributed by atoms with E-state index in [-0.39, 0.29) is 5.91 Å². The fraction of sp³-hybridized carbons (Fsp3) is 0.118. The van der Waals surface area contributed by atoms with E-state index in [1.807, 2.05) is 24.3 Å². The van der Waals surface area contributed by atoms with Crippen LogP contribution in [-0.2, 0) is 10.0 Å². The Morgan fingerprint density at radius 2 is 1.88 bits per heavy atom. The predicted molar refractivity (Wildman–Crippen MR) is 104 cm³/mol. The monoisotopic (exact) mass is 394 g/mol. The van der Waals surface area contributed by atoms with Crippen molar-refractivity contribution in [2.45, 2.75) is 6.92 Å². The molecule has 0 aliphatic carbocycles. The summed E-state index contributed by atoms with van der Waals surface area (Å²) in [4.78, 5) is 13.0. The first kappa shape index (κ1) is 17.7. The van der Waals surface area contributed by atoms with Gasteiger partial charge in [0.05, 0.1) is 17.0 Å². The normalized spacial score (nSPS) is 11.5. The van der Waals surface area contributed by atoms with Gasteiger partial charge in [0.15, 0.2) is 0 Å². The smallest absolute Gasteiger partial charge is 0.267 e. The van der Waals surface area contributed by atoms with Crippen LogP contribution in [0.1, 0.15) is 15.2 Å². The van der Waals surface area contributed by atoms with Gasteiger partial charge in [0.2, 0.25) is 10.0 Å². The molecule has 0 fully saturated rings. The molecule has 2 N–H and O–H groups in total. The summed E-state index contributed by atoms with van der Waals surface area (Å²) in [6.45, 7) is 1.78. The molecule has 0 saturated carbocycles. The van der Waals surface area contributed by atoms with E-state index < -0.39 is 10.0 Å². The third-order valence-electron chi connectivity index (χ3n) is 3.53. The lowest BCUT2D eigenvalue weighted by atomic mass is 10.2. The molecule has 1 heterocycles. The lowest BCUT2D eigenvalue weighted by Gasteiger charge is -2.11. The van der Waals surface area contributed by atoms with E-state index in [0.717, 1.165) is 21.9 Å². The summed E-state index contributed by atoms with van der Waals surface area (Å²) >= 11 is 7.63. The number of hydrogen-bond acceptors (Lipinski definition) is 4. The Bertz CT molecular complexity index is 1070. The largest absolute Gasteiger partial charge is 0.321 e. The van der Waals surface area contributed by atoms with Crippen LogP contribution in [0.5, 0.6) is 0 Å². The van der Waals surface area contributed by atoms with Crippen molar-refractivity contribution in [1.82, 2.24) is 0 Å². The topological polar surface area (TPSA) is 75.3 Å². The van der Waals surface area contributed by atoms with Crippen LogP contribution in [0.15, 0.2) is 42.5 Å². The fourth-order valence-electron chi connectivity index (χ4n) is 2.36. The minimum Gasteiger partial charge on any atom is -0.321 e. The zero-order valence-corrected chi connectivity index (χ0v) is 15.8. The van der Waals surface area contributed by atoms with E-state index in [9.17, 15) is 13.2 Å². The average molecular weight is 395 g/mol. The molecular weight excluding hydrogens is 380 g/mol. The number of aryl methyl sites for hydroxylation is 1. The third-order valence-corrected chi connectivity index (χ3v) is 5.80. The first-order valence-corrected chi connectivity index (χ1v) is 10.4. The van der Waals surface area contributed by atoms with Gasteiger partial charge >= 0.3 is 0 Å². The summed E-state index contributed by atoms with van der Waals surface area (Å²) in [7, 11) is -3.40. The number of sulfonamides is 1. The molecule has 3 rings (SSSR count). The Morgan fingerprint density at radius 3 is 2.56 bits per heavy atom. The lowest BCUT2D eigenvalue weighted by Crippen LogP contribution is -2.13. The van der Waals surface area contributed by atoms with Gasteiger partial charge < -0.3 is 5.32 Å². The first-order valence-electron chi connectivity index (χ1n) is 7.31. The van der Waals surface area contributed by atoms with Crippen LogP contribution < -0.4 is 10.0 Å². The molecule has 0 radical (unpaired) electrons. The van der Waals surface area contributed by atoms with Gasteiger partial charge in [0, 0.05) is 15.8 Å². The second kappa shape index (κ2) is 6.67. The summed E-state index contributed by atoms with van der Waals surface area (Å²) < 4.78 is 26.2. The molecule has 0 saturated heterocycles. The van der Waals surface area contributed by atoms with Crippen LogP contribution in [0.3, 0.4) is 0 Å². The van der Waals surface area contributed by atoms with E-state index in [4.69, 9.17) is 11.6 Å². The highest BCUT2D eigenvalue weighted by molar-refractivity contribution is 7.92. The van der Waals surface area contributed by atoms with Gasteiger partial charge in [0.25, 0.3) is 5.91 Å². The Balaban J connectivity index is 1.90. The molecule has 0 aliphatic heterocycles. The van der Waals surface area contributed by atoms with Crippen LogP contribution in [0.2, 0.25) is 5.02 Å². The van der Waals surface area contributed by atoms with E-state index in [1.54, 1.807) is 25.1 Å². The molecule has 0 spiro atoms. The maximum Gasteiger partial charge on any atom is 0.267 e. The van der Waals surface area contributed by atoms with Gasteiger partial charge in [-0.1, -0.05) is 35.9 Å². The van der Waals surface area contributed by atoms with Crippen molar-refractivity contribution in [1.29, 1.82) is 0 Å². The SMILES string of the molecule is Cc1ccc(NC(=O)c2sc3ccccc3c2Cl)cc1NS(C)(=O)=O. The Hall–Kier alpha value is -2.09. The summed E-state index contributed by atoms with van der Waals surface area (Å²) in [6, 6.07) is 12.5. The Kier molecular flexibility index (Phi) is 4.73. The van der Waals surface area contributed by atoms with Crippen molar-refractivity contribution in [3.8, 4) is 0 Å². The number of thiophene rings is 1. The van der Waals surface area contributed by atoms with Gasteiger partial charge in [-0.25, -0.2) is 8.42 Å². The quantitative estimate of drug-likeness (QED) is 0.684. The average Bonchev–Trinajstić information content (AvgIpc) is 2.87. The standard InChI is InChI=1S/C17H15ClN2O3S2/c1-10-7-8-11(9-13(10)20-25(2,22)23)19-17(21)16-15(18)12-5-3-4-6-14(12)24-16/h3-9,20H,1-2H3,(H,19,21). The first-order chi connectivity index (χ1) is 11.7. The van der Waals surface area contributed by atoms with Crippen LogP contribution in [0, 0.1) is 6.92 Å². The number of rotatable bonds is 4. The summed E-state index contributed by atoms with van der Waals surface area (Å²) in [6.07, 6.45) is 1.08. The maximum absolute atomic E-state index is 12.6. The van der Waals surface area contributed by atoms with Crippen molar-refractivity contribution < 1.29 is 13.2 Å². The Labute approximate surface area is 154 Å². The summed E-state index contributed by atoms with van der Waals surface area (Å²) in [5.41, 5.74) is 1.65. The fourth-order valence-corrected chi connectivity index (χ4v) is 4.39. The van der Waals surface area contributed by atoms with Gasteiger partial charge in [-0.15, -0.1) is 11.3 Å². The predicted octanol–water partition coefficient (Wildman–Crippen LogP) is 4.49. The summed E-state index contributed by atoms with van der Waals surface area (Å²) in [5, 5.41) is 4.02. The van der Waals surface area contributed by atoms with Gasteiger partial charge in [-0.05, 0) is 30.7 Å². The Morgan fingerprint density at radius 1 is 1.16 bits per heavy atom. The molecule has 25 heavy (non-hydrogen) atoms. The molecule has 0 aliphatic rings. The van der Waals surface area contributed by atoms with Crippen LogP contribution in [0.4, 0.5) is 11.4 Å². The van der Waals surface area contributed by atoms with Gasteiger partial charge in [-0.2, -0.15) is 0 Å². The molecule has 0 bridgehead atoms. The third kappa shape index (κ3) is 3.95. The second-order valence-corrected chi connectivity index (χ2v) is 8.78. The van der Waals surface area contributed by atoms with Crippen molar-refractivity contribution in [3.63, 3.8) is 0 Å². The molecule has 3 aromatic rings. The number of fused-ring (bicyclic) bond motifs is 1. The van der Waals surface area contributed by atoms with Crippen molar-refractivity contribution in [2.75, 3.05) is 16.3 Å².